The molecule has 0 aliphatic heterocycles. The molecule has 96 valence electrons. The van der Waals surface area contributed by atoms with Crippen LogP contribution in [0.3, 0.4) is 0 Å². The maximum atomic E-state index is 10.8. The van der Waals surface area contributed by atoms with Crippen LogP contribution in [0.4, 0.5) is 0 Å². The van der Waals surface area contributed by atoms with Gasteiger partial charge in [-0.05, 0) is 29.8 Å². The molecule has 0 atom stereocenters. The van der Waals surface area contributed by atoms with Crippen LogP contribution in [0, 0.1) is 0 Å². The summed E-state index contributed by atoms with van der Waals surface area (Å²) >= 11 is 0. The lowest BCUT2D eigenvalue weighted by molar-refractivity contribution is 0.0697. The number of oxime groups is 1. The number of hydrogen-bond donors (Lipinski definition) is 2. The molecular weight excluding hydrogens is 244 g/mol. The van der Waals surface area contributed by atoms with E-state index in [1.807, 2.05) is 12.1 Å². The summed E-state index contributed by atoms with van der Waals surface area (Å²) in [5, 5.41) is 21.1. The van der Waals surface area contributed by atoms with E-state index in [0.717, 1.165) is 5.69 Å². The van der Waals surface area contributed by atoms with E-state index >= 15 is 0 Å². The molecule has 1 heterocycles. The van der Waals surface area contributed by atoms with Gasteiger partial charge in [0.1, 0.15) is 0 Å². The third-order valence-electron chi connectivity index (χ3n) is 2.66. The molecule has 19 heavy (non-hydrogen) atoms. The summed E-state index contributed by atoms with van der Waals surface area (Å²) in [7, 11) is 0. The van der Waals surface area contributed by atoms with Crippen molar-refractivity contribution in [2.24, 2.45) is 5.16 Å². The molecule has 5 nitrogen and oxygen atoms in total. The number of carboxylic acid groups (broad SMARTS) is 1. The first-order chi connectivity index (χ1) is 9.20. The predicted molar refractivity (Wildman–Crippen MR) is 69.7 cm³/mol. The minimum Gasteiger partial charge on any atom is -0.478 e. The van der Waals surface area contributed by atoms with E-state index < -0.39 is 5.97 Å². The molecule has 0 spiro atoms. The highest BCUT2D eigenvalue weighted by molar-refractivity contribution is 6.02. The molecular formula is C14H12N2O3. The van der Waals surface area contributed by atoms with Crippen LogP contribution in [0.25, 0.3) is 0 Å². The molecule has 5 heteroatoms. The fourth-order valence-corrected chi connectivity index (χ4v) is 1.67. The molecule has 0 saturated carbocycles. The zero-order chi connectivity index (χ0) is 13.7. The van der Waals surface area contributed by atoms with Crippen molar-refractivity contribution in [2.45, 2.75) is 6.42 Å². The monoisotopic (exact) mass is 256 g/mol. The van der Waals surface area contributed by atoms with E-state index in [1.54, 1.807) is 24.4 Å². The molecule has 0 bridgehead atoms. The molecule has 0 aliphatic carbocycles. The van der Waals surface area contributed by atoms with Crippen LogP contribution in [0.2, 0.25) is 0 Å². The Morgan fingerprint density at radius 2 is 1.79 bits per heavy atom. The van der Waals surface area contributed by atoms with E-state index in [4.69, 9.17) is 10.3 Å². The summed E-state index contributed by atoms with van der Waals surface area (Å²) in [6.07, 6.45) is 2.04. The van der Waals surface area contributed by atoms with E-state index in [9.17, 15) is 4.79 Å². The molecule has 0 fully saturated rings. The highest BCUT2D eigenvalue weighted by Crippen LogP contribution is 2.09. The molecule has 1 aromatic carbocycles. The molecule has 2 N–H and O–H groups in total. The average molecular weight is 256 g/mol. The van der Waals surface area contributed by atoms with Crippen molar-refractivity contribution in [1.29, 1.82) is 0 Å². The van der Waals surface area contributed by atoms with Gasteiger partial charge in [-0.25, -0.2) is 4.79 Å². The summed E-state index contributed by atoms with van der Waals surface area (Å²) in [4.78, 5) is 14.9. The lowest BCUT2D eigenvalue weighted by Gasteiger charge is -2.04. The summed E-state index contributed by atoms with van der Waals surface area (Å²) in [6, 6.07) is 11.7. The van der Waals surface area contributed by atoms with Crippen molar-refractivity contribution in [3.63, 3.8) is 0 Å². The van der Waals surface area contributed by atoms with Crippen LogP contribution in [-0.2, 0) is 6.42 Å². The molecule has 2 rings (SSSR count). The van der Waals surface area contributed by atoms with Gasteiger partial charge in [-0.1, -0.05) is 23.4 Å². The Morgan fingerprint density at radius 3 is 2.32 bits per heavy atom. The Balaban J connectivity index is 2.21. The third-order valence-corrected chi connectivity index (χ3v) is 2.66. The Labute approximate surface area is 109 Å². The van der Waals surface area contributed by atoms with Crippen molar-refractivity contribution in [2.75, 3.05) is 0 Å². The summed E-state index contributed by atoms with van der Waals surface area (Å²) in [5.41, 5.74) is 2.07. The first-order valence-electron chi connectivity index (χ1n) is 5.65. The zero-order valence-corrected chi connectivity index (χ0v) is 10.0. The highest BCUT2D eigenvalue weighted by atomic mass is 16.4. The Kier molecular flexibility index (Phi) is 3.87. The Hall–Kier alpha value is -2.69. The van der Waals surface area contributed by atoms with Gasteiger partial charge >= 0.3 is 5.97 Å². The second-order valence-corrected chi connectivity index (χ2v) is 3.93. The van der Waals surface area contributed by atoms with Gasteiger partial charge in [0.2, 0.25) is 0 Å². The lowest BCUT2D eigenvalue weighted by Crippen LogP contribution is -2.07. The summed E-state index contributed by atoms with van der Waals surface area (Å²) in [6.45, 7) is 0. The predicted octanol–water partition coefficient (Wildman–Crippen LogP) is 2.20. The molecule has 0 aliphatic rings. The van der Waals surface area contributed by atoms with Gasteiger partial charge in [-0.3, -0.25) is 4.98 Å². The lowest BCUT2D eigenvalue weighted by atomic mass is 10.0. The standard InChI is InChI=1S/C14H12N2O3/c17-14(18)11-6-4-10(5-7-11)13(16-19)9-12-3-1-2-8-15-12/h1-8,19H,9H2,(H,17,18)/b16-13-. The largest absolute Gasteiger partial charge is 0.478 e. The van der Waals surface area contributed by atoms with Gasteiger partial charge in [0, 0.05) is 18.3 Å². The van der Waals surface area contributed by atoms with Gasteiger partial charge in [-0.15, -0.1) is 0 Å². The van der Waals surface area contributed by atoms with Crippen molar-refractivity contribution in [1.82, 2.24) is 4.98 Å². The van der Waals surface area contributed by atoms with Gasteiger partial charge in [0.15, 0.2) is 0 Å². The zero-order valence-electron chi connectivity index (χ0n) is 10.0. The van der Waals surface area contributed by atoms with Crippen LogP contribution in [0.15, 0.2) is 53.8 Å². The van der Waals surface area contributed by atoms with Crippen LogP contribution in [0.5, 0.6) is 0 Å². The first-order valence-corrected chi connectivity index (χ1v) is 5.65. The molecule has 0 radical (unpaired) electrons. The minimum atomic E-state index is -0.987. The maximum Gasteiger partial charge on any atom is 0.335 e. The smallest absolute Gasteiger partial charge is 0.335 e. The third kappa shape index (κ3) is 3.16. The number of carbonyl (C=O) groups is 1. The number of hydrogen-bond acceptors (Lipinski definition) is 4. The fraction of sp³-hybridized carbons (Fsp3) is 0.0714. The number of carboxylic acids is 1. The van der Waals surface area contributed by atoms with E-state index in [1.165, 1.54) is 12.1 Å². The van der Waals surface area contributed by atoms with Crippen LogP contribution < -0.4 is 0 Å². The normalized spacial score (nSPS) is 11.3. The number of benzene rings is 1. The van der Waals surface area contributed by atoms with E-state index in [2.05, 4.69) is 10.1 Å². The number of nitrogens with zero attached hydrogens (tertiary/aromatic N) is 2. The minimum absolute atomic E-state index is 0.193. The van der Waals surface area contributed by atoms with E-state index in [-0.39, 0.29) is 5.56 Å². The maximum absolute atomic E-state index is 10.8. The average Bonchev–Trinajstić information content (AvgIpc) is 2.46. The SMILES string of the molecule is O=C(O)c1ccc(/C(Cc2ccccn2)=N\O)cc1. The van der Waals surface area contributed by atoms with Gasteiger partial charge in [0.05, 0.1) is 11.3 Å². The quantitative estimate of drug-likeness (QED) is 0.499. The molecule has 0 saturated heterocycles. The summed E-state index contributed by atoms with van der Waals surface area (Å²) < 4.78 is 0. The molecule has 2 aromatic rings. The molecule has 0 amide bonds. The molecule has 0 unspecified atom stereocenters. The van der Waals surface area contributed by atoms with Gasteiger partial charge < -0.3 is 10.3 Å². The second-order valence-electron chi connectivity index (χ2n) is 3.93. The highest BCUT2D eigenvalue weighted by Gasteiger charge is 2.08. The van der Waals surface area contributed by atoms with Crippen molar-refractivity contribution in [3.05, 3.63) is 65.5 Å². The van der Waals surface area contributed by atoms with Gasteiger partial charge in [0.25, 0.3) is 0 Å². The number of aromatic nitrogens is 1. The topological polar surface area (TPSA) is 82.8 Å². The summed E-state index contributed by atoms with van der Waals surface area (Å²) in [5.74, 6) is -0.987. The molecule has 1 aromatic heterocycles. The van der Waals surface area contributed by atoms with Crippen LogP contribution in [-0.4, -0.2) is 27.0 Å². The number of aromatic carboxylic acids is 1. The van der Waals surface area contributed by atoms with E-state index in [0.29, 0.717) is 17.7 Å². The van der Waals surface area contributed by atoms with Crippen molar-refractivity contribution in [3.8, 4) is 0 Å². The van der Waals surface area contributed by atoms with Crippen LogP contribution in [0.1, 0.15) is 21.6 Å². The Morgan fingerprint density at radius 1 is 1.11 bits per heavy atom. The van der Waals surface area contributed by atoms with Crippen LogP contribution >= 0.6 is 0 Å². The fourth-order valence-electron chi connectivity index (χ4n) is 1.67. The first kappa shape index (κ1) is 12.8. The van der Waals surface area contributed by atoms with Crippen molar-refractivity contribution < 1.29 is 15.1 Å². The Bertz CT molecular complexity index is 592. The second kappa shape index (κ2) is 5.77. The van der Waals surface area contributed by atoms with Crippen molar-refractivity contribution >= 4 is 11.7 Å². The number of pyridine rings is 1. The number of rotatable bonds is 4. The van der Waals surface area contributed by atoms with Gasteiger partial charge in [-0.2, -0.15) is 0 Å².